The number of fused-ring (bicyclic) bond motifs is 1. The van der Waals surface area contributed by atoms with Crippen LogP contribution >= 0.6 is 0 Å². The molecule has 7 nitrogen and oxygen atoms in total. The number of nitrogens with one attached hydrogen (secondary N) is 2. The quantitative estimate of drug-likeness (QED) is 0.693. The summed E-state index contributed by atoms with van der Waals surface area (Å²) in [5, 5.41) is 13.4. The van der Waals surface area contributed by atoms with E-state index in [1.165, 1.54) is 13.8 Å². The molecular formula is C19H27N3O4. The first-order chi connectivity index (χ1) is 17.7. The van der Waals surface area contributed by atoms with Gasteiger partial charge in [0.1, 0.15) is 18.1 Å². The van der Waals surface area contributed by atoms with Crippen molar-refractivity contribution in [3.8, 4) is 0 Å². The summed E-state index contributed by atoms with van der Waals surface area (Å²) in [6.07, 6.45) is -4.08. The summed E-state index contributed by atoms with van der Waals surface area (Å²) in [5.41, 5.74) is -1.77. The second-order valence-corrected chi connectivity index (χ2v) is 5.64. The molecule has 0 aromatic heterocycles. The molecule has 142 valence electrons. The van der Waals surface area contributed by atoms with Gasteiger partial charge in [-0.3, -0.25) is 14.4 Å². The highest BCUT2D eigenvalue weighted by atomic mass is 16.3. The van der Waals surface area contributed by atoms with Crippen molar-refractivity contribution in [1.82, 2.24) is 15.5 Å². The van der Waals surface area contributed by atoms with Crippen molar-refractivity contribution in [2.45, 2.75) is 45.3 Å². The molecule has 0 fully saturated rings. The number of amides is 3. The van der Waals surface area contributed by atoms with Crippen LogP contribution in [0.5, 0.6) is 0 Å². The maximum Gasteiger partial charge on any atom is 0.249 e. The SMILES string of the molecule is [2H]c1c([2H])c([2H])c2c(c1[2H])CC([2H])([2H])N(C([2H])([2H])[2H])C(=O)[C@@]2([2H])NC(=O)[C@@H](NC(=O)[C@@]([2H])(O)C(C)C)C([2H])([2H])[2H]. The van der Waals surface area contributed by atoms with E-state index in [1.807, 2.05) is 0 Å². The van der Waals surface area contributed by atoms with E-state index in [4.69, 9.17) is 19.2 Å². The number of carbonyl (C=O) groups excluding carboxylic acids is 3. The zero-order chi connectivity index (χ0) is 31.5. The molecule has 0 bridgehead atoms. The van der Waals surface area contributed by atoms with Crippen molar-refractivity contribution >= 4 is 17.7 Å². The van der Waals surface area contributed by atoms with Gasteiger partial charge in [-0.05, 0) is 30.3 Å². The van der Waals surface area contributed by atoms with Gasteiger partial charge in [-0.2, -0.15) is 0 Å². The van der Waals surface area contributed by atoms with Crippen molar-refractivity contribution in [1.29, 1.82) is 0 Å². The van der Waals surface area contributed by atoms with Crippen LogP contribution in [-0.2, 0) is 20.8 Å². The number of carbonyl (C=O) groups is 3. The smallest absolute Gasteiger partial charge is 0.249 e. The predicted octanol–water partition coefficient (Wildman–Crippen LogP) is 0.380. The number of aliphatic hydroxyl groups is 1. The topological polar surface area (TPSA) is 98.7 Å². The van der Waals surface area contributed by atoms with Crippen LogP contribution in [0, 0.1) is 5.92 Å². The molecule has 3 atom stereocenters. The standard InChI is InChI=1S/C19H27N3O4/c1-11(2)16(23)18(25)20-12(3)17(24)21-15-14-8-6-5-7-13(14)9-10-22(4)19(15)26/h5-8,11-12,15-16,23H,9-10H2,1-4H3,(H,20,25)(H,21,24)/t12-,15-,16-/m0/s1/i3D3,4D3,5D,6D,7D,8D,10D2,15D,16D. The Morgan fingerprint density at radius 3 is 2.85 bits per heavy atom. The summed E-state index contributed by atoms with van der Waals surface area (Å²) >= 11 is 0. The van der Waals surface area contributed by atoms with Crippen molar-refractivity contribution in [3.63, 3.8) is 0 Å². The Labute approximate surface area is 173 Å². The summed E-state index contributed by atoms with van der Waals surface area (Å²) in [4.78, 5) is 39.0. The first kappa shape index (κ1) is 8.08. The molecule has 3 N–H and O–H groups in total. The summed E-state index contributed by atoms with van der Waals surface area (Å²) < 4.78 is 112. The Bertz CT molecular complexity index is 1230. The Morgan fingerprint density at radius 1 is 1.46 bits per heavy atom. The fourth-order valence-corrected chi connectivity index (χ4v) is 1.98. The van der Waals surface area contributed by atoms with E-state index in [9.17, 15) is 19.5 Å². The molecule has 0 spiro atoms. The van der Waals surface area contributed by atoms with E-state index < -0.39 is 109 Å². The fraction of sp³-hybridized carbons (Fsp3) is 0.526. The third-order valence-corrected chi connectivity index (χ3v) is 3.41. The number of nitrogens with zero attached hydrogens (tertiary/aromatic N) is 1. The van der Waals surface area contributed by atoms with Crippen LogP contribution < -0.4 is 10.6 Å². The van der Waals surface area contributed by atoms with Crippen LogP contribution in [0.3, 0.4) is 0 Å². The largest absolute Gasteiger partial charge is 0.383 e. The predicted molar refractivity (Wildman–Crippen MR) is 97.1 cm³/mol. The zero-order valence-electron chi connectivity index (χ0n) is 28.0. The average molecular weight is 376 g/mol. The summed E-state index contributed by atoms with van der Waals surface area (Å²) in [5.74, 6) is -6.63. The second kappa shape index (κ2) is 8.31. The normalized spacial score (nSPS) is 34.2. The van der Waals surface area contributed by atoms with Crippen LogP contribution in [0.4, 0.5) is 0 Å². The van der Waals surface area contributed by atoms with Crippen LogP contribution in [0.1, 0.15) is 57.0 Å². The lowest BCUT2D eigenvalue weighted by Gasteiger charge is -2.24. The Hall–Kier alpha value is -2.41. The number of likely N-dealkylation sites (N-methyl/N-ethyl adjacent to an activating group) is 1. The van der Waals surface area contributed by atoms with Gasteiger partial charge in [-0.15, -0.1) is 0 Å². The minimum absolute atomic E-state index is 0.399. The van der Waals surface area contributed by atoms with Gasteiger partial charge in [0, 0.05) is 24.4 Å². The molecular weight excluding hydrogens is 334 g/mol. The van der Waals surface area contributed by atoms with Crippen LogP contribution in [0.15, 0.2) is 24.2 Å². The van der Waals surface area contributed by atoms with Crippen LogP contribution in [0.2, 0.25) is 0 Å². The van der Waals surface area contributed by atoms with Gasteiger partial charge in [0.2, 0.25) is 17.7 Å². The Kier molecular flexibility index (Phi) is 2.58. The minimum atomic E-state index is -3.62. The van der Waals surface area contributed by atoms with Gasteiger partial charge in [-0.25, -0.2) is 0 Å². The van der Waals surface area contributed by atoms with Gasteiger partial charge in [-0.1, -0.05) is 38.0 Å². The third-order valence-electron chi connectivity index (χ3n) is 3.41. The second-order valence-electron chi connectivity index (χ2n) is 5.64. The van der Waals surface area contributed by atoms with Gasteiger partial charge in [0.25, 0.3) is 0 Å². The van der Waals surface area contributed by atoms with Crippen molar-refractivity contribution in [3.05, 3.63) is 35.3 Å². The number of rotatable bonds is 5. The van der Waals surface area contributed by atoms with Gasteiger partial charge in [0.05, 0.1) is 8.22 Å². The molecule has 0 unspecified atom stereocenters. The van der Waals surface area contributed by atoms with Crippen molar-refractivity contribution < 1.29 is 38.7 Å². The van der Waals surface area contributed by atoms with E-state index in [-0.39, 0.29) is 0 Å². The summed E-state index contributed by atoms with van der Waals surface area (Å²) in [7, 11) is 0. The fourth-order valence-electron chi connectivity index (χ4n) is 1.98. The molecule has 0 radical (unpaired) electrons. The highest BCUT2D eigenvalue weighted by Crippen LogP contribution is 2.24. The molecule has 1 aromatic rings. The average Bonchev–Trinajstić information content (AvgIpc) is 2.83. The lowest BCUT2D eigenvalue weighted by molar-refractivity contribution is -0.137. The maximum atomic E-state index is 13.6. The lowest BCUT2D eigenvalue weighted by Crippen LogP contribution is -2.51. The van der Waals surface area contributed by atoms with Crippen LogP contribution in [0.25, 0.3) is 0 Å². The molecule has 3 amide bonds. The van der Waals surface area contributed by atoms with Gasteiger partial charge >= 0.3 is 0 Å². The number of benzene rings is 1. The molecule has 1 aromatic carbocycles. The maximum absolute atomic E-state index is 13.6. The first-order valence-electron chi connectivity index (χ1n) is 14.5. The molecule has 26 heavy (non-hydrogen) atoms. The lowest BCUT2D eigenvalue weighted by atomic mass is 9.99. The monoisotopic (exact) mass is 375 g/mol. The van der Waals surface area contributed by atoms with E-state index in [2.05, 4.69) is 0 Å². The Morgan fingerprint density at radius 2 is 2.19 bits per heavy atom. The molecule has 0 saturated carbocycles. The Balaban J connectivity index is 2.84. The summed E-state index contributed by atoms with van der Waals surface area (Å²) in [6.45, 7) is -7.79. The van der Waals surface area contributed by atoms with Gasteiger partial charge in [0.15, 0.2) is 0 Å². The van der Waals surface area contributed by atoms with Crippen molar-refractivity contribution in [2.24, 2.45) is 5.92 Å². The minimum Gasteiger partial charge on any atom is -0.383 e. The molecule has 1 aliphatic rings. The molecule has 0 aliphatic carbocycles. The summed E-state index contributed by atoms with van der Waals surface area (Å²) in [6, 6.07) is -10.2. The third kappa shape index (κ3) is 4.40. The van der Waals surface area contributed by atoms with E-state index in [0.717, 1.165) is 0 Å². The highest BCUT2D eigenvalue weighted by Gasteiger charge is 2.32. The van der Waals surface area contributed by atoms with E-state index >= 15 is 0 Å². The van der Waals surface area contributed by atoms with Gasteiger partial charge < -0.3 is 20.6 Å². The van der Waals surface area contributed by atoms with Crippen molar-refractivity contribution in [2.75, 3.05) is 13.5 Å². The molecule has 7 heteroatoms. The van der Waals surface area contributed by atoms with E-state index in [1.54, 1.807) is 10.6 Å². The highest BCUT2D eigenvalue weighted by molar-refractivity contribution is 5.93. The molecule has 1 aliphatic heterocycles. The first-order valence-corrected chi connectivity index (χ1v) is 7.52. The van der Waals surface area contributed by atoms with E-state index in [0.29, 0.717) is 0 Å². The molecule has 1 heterocycles. The number of hydrogen-bond donors (Lipinski definition) is 3. The number of hydrogen-bond acceptors (Lipinski definition) is 4. The molecule has 0 saturated heterocycles. The zero-order valence-corrected chi connectivity index (χ0v) is 14.0. The van der Waals surface area contributed by atoms with Crippen LogP contribution in [-0.4, -0.2) is 53.3 Å². The molecule has 2 rings (SSSR count).